The molecule has 0 saturated carbocycles. The highest BCUT2D eigenvalue weighted by Crippen LogP contribution is 2.36. The monoisotopic (exact) mass is 424 g/mol. The molecule has 2 heterocycles. The molecule has 1 saturated heterocycles. The van der Waals surface area contributed by atoms with Gasteiger partial charge in [-0.2, -0.15) is 0 Å². The van der Waals surface area contributed by atoms with Gasteiger partial charge in [-0.25, -0.2) is 4.79 Å². The molecule has 2 aliphatic rings. The first-order valence-electron chi connectivity index (χ1n) is 10.2. The Balaban J connectivity index is 1.44. The summed E-state index contributed by atoms with van der Waals surface area (Å²) in [4.78, 5) is 39.3. The molecular formula is C23H24N2O6. The number of fused-ring (bicyclic) bond motifs is 1. The van der Waals surface area contributed by atoms with E-state index >= 15 is 0 Å². The van der Waals surface area contributed by atoms with Crippen molar-refractivity contribution in [2.24, 2.45) is 5.92 Å². The Hall–Kier alpha value is -3.55. The van der Waals surface area contributed by atoms with E-state index in [0.29, 0.717) is 36.8 Å². The molecule has 2 aliphatic heterocycles. The molecule has 2 aromatic carbocycles. The van der Waals surface area contributed by atoms with E-state index in [-0.39, 0.29) is 24.8 Å². The van der Waals surface area contributed by atoms with Crippen molar-refractivity contribution in [2.75, 3.05) is 31.8 Å². The van der Waals surface area contributed by atoms with Crippen LogP contribution in [-0.4, -0.2) is 50.7 Å². The van der Waals surface area contributed by atoms with Crippen molar-refractivity contribution in [3.8, 4) is 11.5 Å². The van der Waals surface area contributed by atoms with Crippen molar-refractivity contribution in [3.05, 3.63) is 54.1 Å². The second-order valence-electron chi connectivity index (χ2n) is 7.51. The highest BCUT2D eigenvalue weighted by atomic mass is 16.6. The minimum atomic E-state index is -0.821. The number of nitrogens with one attached hydrogen (secondary N) is 1. The summed E-state index contributed by atoms with van der Waals surface area (Å²) in [5, 5.41) is 2.76. The lowest BCUT2D eigenvalue weighted by Crippen LogP contribution is -2.46. The van der Waals surface area contributed by atoms with Crippen LogP contribution in [-0.2, 0) is 25.5 Å². The summed E-state index contributed by atoms with van der Waals surface area (Å²) >= 11 is 0. The molecule has 0 radical (unpaired) electrons. The molecule has 0 aromatic heterocycles. The van der Waals surface area contributed by atoms with Gasteiger partial charge in [0, 0.05) is 31.1 Å². The van der Waals surface area contributed by atoms with Crippen LogP contribution in [0.2, 0.25) is 0 Å². The second kappa shape index (κ2) is 9.07. The molecule has 0 bridgehead atoms. The topological polar surface area (TPSA) is 94.2 Å². The number of ether oxygens (including phenoxy) is 3. The lowest BCUT2D eigenvalue weighted by Gasteiger charge is -2.22. The smallest absolute Gasteiger partial charge is 0.328 e. The van der Waals surface area contributed by atoms with Crippen LogP contribution in [0, 0.1) is 5.92 Å². The molecule has 1 N–H and O–H groups in total. The van der Waals surface area contributed by atoms with Gasteiger partial charge in [-0.15, -0.1) is 0 Å². The van der Waals surface area contributed by atoms with Crippen molar-refractivity contribution in [3.63, 3.8) is 0 Å². The molecule has 1 fully saturated rings. The third kappa shape index (κ3) is 4.63. The number of methoxy groups -OCH3 is 1. The number of carbonyl (C=O) groups is 3. The number of anilines is 1. The van der Waals surface area contributed by atoms with Gasteiger partial charge in [-0.05, 0) is 17.7 Å². The first-order valence-corrected chi connectivity index (χ1v) is 10.2. The standard InChI is InChI=1S/C23H24N2O6/c1-29-23(28)18(11-15-5-3-2-4-6-15)24-22(27)16-12-21(26)25(14-16)17-7-8-19-20(13-17)31-10-9-30-19/h2-8,13,16,18H,9-12,14H2,1H3,(H,24,27)/t16-,18+/m1/s1. The van der Waals surface area contributed by atoms with Gasteiger partial charge < -0.3 is 24.4 Å². The van der Waals surface area contributed by atoms with Gasteiger partial charge in [0.15, 0.2) is 11.5 Å². The van der Waals surface area contributed by atoms with Crippen LogP contribution in [0.1, 0.15) is 12.0 Å². The predicted octanol–water partition coefficient (Wildman–Crippen LogP) is 1.71. The number of nitrogens with zero attached hydrogens (tertiary/aromatic N) is 1. The van der Waals surface area contributed by atoms with Crippen molar-refractivity contribution in [2.45, 2.75) is 18.9 Å². The Bertz CT molecular complexity index is 977. The molecule has 8 heteroatoms. The summed E-state index contributed by atoms with van der Waals surface area (Å²) in [6.45, 7) is 1.16. The number of benzene rings is 2. The maximum absolute atomic E-state index is 12.9. The van der Waals surface area contributed by atoms with E-state index < -0.39 is 17.9 Å². The molecule has 2 atom stereocenters. The Morgan fingerprint density at radius 2 is 1.87 bits per heavy atom. The lowest BCUT2D eigenvalue weighted by atomic mass is 10.0. The van der Waals surface area contributed by atoms with E-state index in [2.05, 4.69) is 5.32 Å². The van der Waals surface area contributed by atoms with Crippen molar-refractivity contribution >= 4 is 23.5 Å². The Morgan fingerprint density at radius 3 is 2.61 bits per heavy atom. The molecule has 0 spiro atoms. The predicted molar refractivity (Wildman–Crippen MR) is 112 cm³/mol. The van der Waals surface area contributed by atoms with Crippen LogP contribution in [0.4, 0.5) is 5.69 Å². The molecule has 2 amide bonds. The molecular weight excluding hydrogens is 400 g/mol. The average molecular weight is 424 g/mol. The highest BCUT2D eigenvalue weighted by molar-refractivity contribution is 6.01. The number of hydrogen-bond acceptors (Lipinski definition) is 6. The van der Waals surface area contributed by atoms with Crippen molar-refractivity contribution < 1.29 is 28.6 Å². The maximum atomic E-state index is 12.9. The molecule has 162 valence electrons. The van der Waals surface area contributed by atoms with Gasteiger partial charge in [0.1, 0.15) is 19.3 Å². The van der Waals surface area contributed by atoms with Crippen LogP contribution < -0.4 is 19.7 Å². The van der Waals surface area contributed by atoms with Gasteiger partial charge in [-0.3, -0.25) is 9.59 Å². The van der Waals surface area contributed by atoms with Crippen LogP contribution in [0.5, 0.6) is 11.5 Å². The summed E-state index contributed by atoms with van der Waals surface area (Å²) < 4.78 is 16.0. The molecule has 4 rings (SSSR count). The van der Waals surface area contributed by atoms with Gasteiger partial charge in [0.05, 0.1) is 13.0 Å². The van der Waals surface area contributed by atoms with Gasteiger partial charge in [0.2, 0.25) is 11.8 Å². The largest absolute Gasteiger partial charge is 0.486 e. The number of amides is 2. The minimum absolute atomic E-state index is 0.0690. The lowest BCUT2D eigenvalue weighted by molar-refractivity contribution is -0.145. The Morgan fingerprint density at radius 1 is 1.13 bits per heavy atom. The van der Waals surface area contributed by atoms with Crippen LogP contribution in [0.3, 0.4) is 0 Å². The minimum Gasteiger partial charge on any atom is -0.486 e. The first kappa shape index (κ1) is 20.7. The fraction of sp³-hybridized carbons (Fsp3) is 0.348. The third-order valence-electron chi connectivity index (χ3n) is 5.42. The Labute approximate surface area is 180 Å². The third-order valence-corrected chi connectivity index (χ3v) is 5.42. The van der Waals surface area contributed by atoms with E-state index in [0.717, 1.165) is 5.56 Å². The zero-order valence-electron chi connectivity index (χ0n) is 17.2. The Kier molecular flexibility index (Phi) is 6.06. The summed E-state index contributed by atoms with van der Waals surface area (Å²) in [6, 6.07) is 13.8. The van der Waals surface area contributed by atoms with Crippen LogP contribution in [0.15, 0.2) is 48.5 Å². The van der Waals surface area contributed by atoms with Crippen LogP contribution >= 0.6 is 0 Å². The zero-order chi connectivity index (χ0) is 21.8. The SMILES string of the molecule is COC(=O)[C@H](Cc1ccccc1)NC(=O)[C@@H]1CC(=O)N(c2ccc3c(c2)OCCO3)C1. The van der Waals surface area contributed by atoms with E-state index in [1.807, 2.05) is 30.3 Å². The molecule has 0 aliphatic carbocycles. The number of hydrogen-bond donors (Lipinski definition) is 1. The highest BCUT2D eigenvalue weighted by Gasteiger charge is 2.37. The molecule has 31 heavy (non-hydrogen) atoms. The first-order chi connectivity index (χ1) is 15.0. The zero-order valence-corrected chi connectivity index (χ0v) is 17.2. The van der Waals surface area contributed by atoms with E-state index in [1.165, 1.54) is 7.11 Å². The fourth-order valence-electron chi connectivity index (χ4n) is 3.81. The molecule has 2 aromatic rings. The molecule has 8 nitrogen and oxygen atoms in total. The normalized spacial score (nSPS) is 18.4. The summed E-state index contributed by atoms with van der Waals surface area (Å²) in [5.74, 6) is -0.376. The summed E-state index contributed by atoms with van der Waals surface area (Å²) in [7, 11) is 1.29. The number of rotatable bonds is 6. The number of esters is 1. The van der Waals surface area contributed by atoms with E-state index in [1.54, 1.807) is 23.1 Å². The van der Waals surface area contributed by atoms with Gasteiger partial charge >= 0.3 is 5.97 Å². The molecule has 0 unspecified atom stereocenters. The summed E-state index contributed by atoms with van der Waals surface area (Å²) in [6.07, 6.45) is 0.380. The van der Waals surface area contributed by atoms with Crippen LogP contribution in [0.25, 0.3) is 0 Å². The quantitative estimate of drug-likeness (QED) is 0.710. The second-order valence-corrected chi connectivity index (χ2v) is 7.51. The fourth-order valence-corrected chi connectivity index (χ4v) is 3.81. The van der Waals surface area contributed by atoms with Gasteiger partial charge in [0.25, 0.3) is 0 Å². The van der Waals surface area contributed by atoms with E-state index in [9.17, 15) is 14.4 Å². The number of carbonyl (C=O) groups excluding carboxylic acids is 3. The van der Waals surface area contributed by atoms with Gasteiger partial charge in [-0.1, -0.05) is 30.3 Å². The average Bonchev–Trinajstić information content (AvgIpc) is 3.20. The van der Waals surface area contributed by atoms with Crippen molar-refractivity contribution in [1.29, 1.82) is 0 Å². The summed E-state index contributed by atoms with van der Waals surface area (Å²) in [5.41, 5.74) is 1.55. The van der Waals surface area contributed by atoms with E-state index in [4.69, 9.17) is 14.2 Å². The van der Waals surface area contributed by atoms with Crippen molar-refractivity contribution in [1.82, 2.24) is 5.32 Å². The maximum Gasteiger partial charge on any atom is 0.328 e.